The Kier molecular flexibility index (Phi) is 4.62. The fourth-order valence-corrected chi connectivity index (χ4v) is 5.25. The Labute approximate surface area is 157 Å². The average Bonchev–Trinajstić information content (AvgIpc) is 2.98. The van der Waals surface area contributed by atoms with Crippen LogP contribution in [0.25, 0.3) is 0 Å². The topological polar surface area (TPSA) is 72.9 Å². The first-order valence-electron chi connectivity index (χ1n) is 10.4. The Hall–Kier alpha value is -1.36. The van der Waals surface area contributed by atoms with E-state index in [1.165, 1.54) is 25.1 Å². The normalized spacial score (nSPS) is 34.2. The predicted molar refractivity (Wildman–Crippen MR) is 103 cm³/mol. The number of fused-ring (bicyclic) bond motifs is 3. The van der Waals surface area contributed by atoms with E-state index in [9.17, 15) is 4.79 Å². The number of carbonyl (C=O) groups excluding carboxylic acids is 1. The number of imidazole rings is 1. The molecule has 3 N–H and O–H groups in total. The van der Waals surface area contributed by atoms with Crippen LogP contribution in [0, 0.1) is 17.8 Å². The third kappa shape index (κ3) is 3.42. The summed E-state index contributed by atoms with van der Waals surface area (Å²) < 4.78 is 2.25. The predicted octanol–water partition coefficient (Wildman–Crippen LogP) is 2.77. The highest BCUT2D eigenvalue weighted by atomic mass is 16.2. The van der Waals surface area contributed by atoms with Crippen LogP contribution in [0.5, 0.6) is 0 Å². The first-order valence-corrected chi connectivity index (χ1v) is 10.4. The molecule has 2 saturated carbocycles. The van der Waals surface area contributed by atoms with Gasteiger partial charge in [-0.05, 0) is 43.9 Å². The molecule has 1 amide bonds. The number of nitrogens with one attached hydrogen (secondary N) is 1. The van der Waals surface area contributed by atoms with Crippen molar-refractivity contribution in [2.45, 2.75) is 89.8 Å². The van der Waals surface area contributed by atoms with Gasteiger partial charge in [-0.1, -0.05) is 27.2 Å². The van der Waals surface area contributed by atoms with Crippen LogP contribution in [-0.2, 0) is 23.2 Å². The summed E-state index contributed by atoms with van der Waals surface area (Å²) in [7, 11) is 0. The summed E-state index contributed by atoms with van der Waals surface area (Å²) in [6.45, 7) is 7.45. The number of rotatable bonds is 2. The molecule has 2 fully saturated rings. The van der Waals surface area contributed by atoms with E-state index in [-0.39, 0.29) is 23.3 Å². The number of aryl methyl sites for hydroxylation is 1. The van der Waals surface area contributed by atoms with Gasteiger partial charge in [0, 0.05) is 42.6 Å². The second-order valence-corrected chi connectivity index (χ2v) is 9.89. The standard InChI is InChI=1S/C21H34N4O/c1-21(2,3)17-12-25-11-16(7-8-18(25)24-17)23-20(26)15-9-13-5-4-6-14(10-15)19(13)22/h12-16,19H,4-11,22H2,1-3H3,(H,23,26). The van der Waals surface area contributed by atoms with Crippen LogP contribution in [-0.4, -0.2) is 27.5 Å². The van der Waals surface area contributed by atoms with Gasteiger partial charge in [0.2, 0.25) is 5.91 Å². The summed E-state index contributed by atoms with van der Waals surface area (Å²) in [5.74, 6) is 2.70. The minimum atomic E-state index is 0.0712. The van der Waals surface area contributed by atoms with Gasteiger partial charge in [0.05, 0.1) is 5.69 Å². The van der Waals surface area contributed by atoms with E-state index >= 15 is 0 Å². The van der Waals surface area contributed by atoms with Crippen LogP contribution >= 0.6 is 0 Å². The summed E-state index contributed by atoms with van der Waals surface area (Å²) in [4.78, 5) is 17.7. The lowest BCUT2D eigenvalue weighted by Gasteiger charge is -2.43. The molecule has 0 radical (unpaired) electrons. The van der Waals surface area contributed by atoms with E-state index in [0.717, 1.165) is 37.9 Å². The van der Waals surface area contributed by atoms with Gasteiger partial charge in [0.25, 0.3) is 0 Å². The summed E-state index contributed by atoms with van der Waals surface area (Å²) in [6.07, 6.45) is 9.80. The number of aromatic nitrogens is 2. The molecule has 26 heavy (non-hydrogen) atoms. The number of hydrogen-bond donors (Lipinski definition) is 2. The van der Waals surface area contributed by atoms with Crippen molar-refractivity contribution in [2.75, 3.05) is 0 Å². The summed E-state index contributed by atoms with van der Waals surface area (Å²) in [5.41, 5.74) is 7.60. The highest BCUT2D eigenvalue weighted by Crippen LogP contribution is 2.42. The van der Waals surface area contributed by atoms with Crippen molar-refractivity contribution in [2.24, 2.45) is 23.5 Å². The zero-order valence-corrected chi connectivity index (χ0v) is 16.5. The SMILES string of the molecule is CC(C)(C)c1cn2c(n1)CCC(NC(=O)C1CC3CCCC(C1)C3N)C2. The maximum absolute atomic E-state index is 12.9. The molecule has 144 valence electrons. The first kappa shape index (κ1) is 18.0. The fraction of sp³-hybridized carbons (Fsp3) is 0.810. The minimum absolute atomic E-state index is 0.0712. The minimum Gasteiger partial charge on any atom is -0.351 e. The Morgan fingerprint density at radius 3 is 2.58 bits per heavy atom. The summed E-state index contributed by atoms with van der Waals surface area (Å²) in [6, 6.07) is 0.555. The Bertz CT molecular complexity index is 660. The molecule has 0 aromatic carbocycles. The molecule has 1 aromatic heterocycles. The zero-order valence-electron chi connectivity index (χ0n) is 16.5. The van der Waals surface area contributed by atoms with Crippen LogP contribution in [0.15, 0.2) is 6.20 Å². The lowest BCUT2D eigenvalue weighted by molar-refractivity contribution is -0.128. The molecule has 0 spiro atoms. The Balaban J connectivity index is 1.38. The van der Waals surface area contributed by atoms with Crippen LogP contribution < -0.4 is 11.1 Å². The quantitative estimate of drug-likeness (QED) is 0.854. The summed E-state index contributed by atoms with van der Waals surface area (Å²) in [5, 5.41) is 3.35. The van der Waals surface area contributed by atoms with Crippen LogP contribution in [0.4, 0.5) is 0 Å². The lowest BCUT2D eigenvalue weighted by Crippen LogP contribution is -2.51. The van der Waals surface area contributed by atoms with Crippen LogP contribution in [0.3, 0.4) is 0 Å². The molecule has 3 atom stereocenters. The molecular formula is C21H34N4O. The molecule has 2 heterocycles. The van der Waals surface area contributed by atoms with Gasteiger partial charge in [0.15, 0.2) is 0 Å². The Morgan fingerprint density at radius 2 is 1.92 bits per heavy atom. The smallest absolute Gasteiger partial charge is 0.223 e. The van der Waals surface area contributed by atoms with E-state index in [0.29, 0.717) is 17.9 Å². The van der Waals surface area contributed by atoms with E-state index in [4.69, 9.17) is 10.7 Å². The molecule has 0 saturated heterocycles. The van der Waals surface area contributed by atoms with Crippen molar-refractivity contribution in [1.29, 1.82) is 0 Å². The Morgan fingerprint density at radius 1 is 1.23 bits per heavy atom. The third-order valence-electron chi connectivity index (χ3n) is 6.89. The molecule has 5 nitrogen and oxygen atoms in total. The maximum atomic E-state index is 12.9. The molecular weight excluding hydrogens is 324 g/mol. The molecule has 3 unspecified atom stereocenters. The highest BCUT2D eigenvalue weighted by Gasteiger charge is 2.41. The number of hydrogen-bond acceptors (Lipinski definition) is 3. The van der Waals surface area contributed by atoms with E-state index in [1.54, 1.807) is 0 Å². The van der Waals surface area contributed by atoms with Gasteiger partial charge in [-0.3, -0.25) is 4.79 Å². The maximum Gasteiger partial charge on any atom is 0.223 e. The third-order valence-corrected chi connectivity index (χ3v) is 6.89. The monoisotopic (exact) mass is 358 g/mol. The van der Waals surface area contributed by atoms with Gasteiger partial charge in [-0.25, -0.2) is 4.98 Å². The van der Waals surface area contributed by atoms with Crippen molar-refractivity contribution in [1.82, 2.24) is 14.9 Å². The van der Waals surface area contributed by atoms with Crippen molar-refractivity contribution in [3.05, 3.63) is 17.7 Å². The van der Waals surface area contributed by atoms with E-state index in [2.05, 4.69) is 36.9 Å². The number of carbonyl (C=O) groups is 1. The first-order chi connectivity index (χ1) is 12.3. The molecule has 1 aromatic rings. The van der Waals surface area contributed by atoms with Gasteiger partial charge < -0.3 is 15.6 Å². The molecule has 2 aliphatic carbocycles. The summed E-state index contributed by atoms with van der Waals surface area (Å²) >= 11 is 0. The molecule has 3 aliphatic rings. The largest absolute Gasteiger partial charge is 0.351 e. The van der Waals surface area contributed by atoms with Gasteiger partial charge in [-0.2, -0.15) is 0 Å². The van der Waals surface area contributed by atoms with Crippen molar-refractivity contribution in [3.63, 3.8) is 0 Å². The van der Waals surface area contributed by atoms with E-state index < -0.39 is 0 Å². The van der Waals surface area contributed by atoms with Crippen LogP contribution in [0.2, 0.25) is 0 Å². The second-order valence-electron chi connectivity index (χ2n) is 9.89. The van der Waals surface area contributed by atoms with Gasteiger partial charge >= 0.3 is 0 Å². The average molecular weight is 359 g/mol. The van der Waals surface area contributed by atoms with Crippen LogP contribution in [0.1, 0.15) is 70.8 Å². The second kappa shape index (κ2) is 6.66. The van der Waals surface area contributed by atoms with Crippen molar-refractivity contribution >= 4 is 5.91 Å². The zero-order chi connectivity index (χ0) is 18.5. The van der Waals surface area contributed by atoms with Gasteiger partial charge in [-0.15, -0.1) is 0 Å². The van der Waals surface area contributed by atoms with Crippen molar-refractivity contribution in [3.8, 4) is 0 Å². The van der Waals surface area contributed by atoms with Gasteiger partial charge in [0.1, 0.15) is 5.82 Å². The lowest BCUT2D eigenvalue weighted by atomic mass is 9.65. The number of amides is 1. The van der Waals surface area contributed by atoms with Crippen molar-refractivity contribution < 1.29 is 4.79 Å². The highest BCUT2D eigenvalue weighted by molar-refractivity contribution is 5.79. The molecule has 5 heteroatoms. The van der Waals surface area contributed by atoms with E-state index in [1.807, 2.05) is 0 Å². The number of nitrogens with zero attached hydrogens (tertiary/aromatic N) is 2. The fourth-order valence-electron chi connectivity index (χ4n) is 5.25. The molecule has 4 rings (SSSR count). The molecule has 2 bridgehead atoms. The number of nitrogens with two attached hydrogens (primary N) is 1. The molecule has 1 aliphatic heterocycles.